The Hall–Kier alpha value is -3.15. The lowest BCUT2D eigenvalue weighted by Crippen LogP contribution is -2.51. The third-order valence-electron chi connectivity index (χ3n) is 6.00. The highest BCUT2D eigenvalue weighted by Crippen LogP contribution is 2.29. The van der Waals surface area contributed by atoms with Crippen molar-refractivity contribution in [3.63, 3.8) is 0 Å². The molecule has 0 aliphatic carbocycles. The first-order valence-electron chi connectivity index (χ1n) is 11.8. The molecular weight excluding hydrogens is 500 g/mol. The molecule has 0 aliphatic rings. The van der Waals surface area contributed by atoms with Crippen molar-refractivity contribution in [2.24, 2.45) is 5.41 Å². The molecule has 2 atom stereocenters. The van der Waals surface area contributed by atoms with Gasteiger partial charge in [0.2, 0.25) is 10.0 Å². The average Bonchev–Trinajstić information content (AvgIpc) is 2.86. The van der Waals surface area contributed by atoms with Crippen LogP contribution in [0.4, 0.5) is 4.79 Å². The van der Waals surface area contributed by atoms with E-state index in [-0.39, 0.29) is 30.8 Å². The fourth-order valence-corrected chi connectivity index (χ4v) is 5.54. The van der Waals surface area contributed by atoms with E-state index < -0.39 is 39.6 Å². The molecule has 0 fully saturated rings. The van der Waals surface area contributed by atoms with Gasteiger partial charge in [-0.2, -0.15) is 4.31 Å². The summed E-state index contributed by atoms with van der Waals surface area (Å²) < 4.78 is 38.3. The Morgan fingerprint density at radius 1 is 1.05 bits per heavy atom. The molecule has 0 aliphatic heterocycles. The number of methoxy groups -OCH3 is 2. The Morgan fingerprint density at radius 3 is 2.22 bits per heavy atom. The molecule has 0 saturated heterocycles. The second-order valence-electron chi connectivity index (χ2n) is 9.53. The largest absolute Gasteiger partial charge is 0.497 e. The lowest BCUT2D eigenvalue weighted by molar-refractivity contribution is -0.141. The molecule has 0 unspecified atom stereocenters. The number of esters is 1. The summed E-state index contributed by atoms with van der Waals surface area (Å²) in [5.74, 6) is 0.0729. The molecule has 2 aromatic carbocycles. The van der Waals surface area contributed by atoms with Crippen LogP contribution in [0.1, 0.15) is 32.3 Å². The van der Waals surface area contributed by atoms with Gasteiger partial charge < -0.3 is 25.0 Å². The Balaban J connectivity index is 2.37. The first kappa shape index (κ1) is 30.1. The van der Waals surface area contributed by atoms with Crippen LogP contribution in [0.3, 0.4) is 0 Å². The number of nitrogens with zero attached hydrogens (tertiary/aromatic N) is 1. The van der Waals surface area contributed by atoms with Gasteiger partial charge in [-0.15, -0.1) is 0 Å². The van der Waals surface area contributed by atoms with Crippen LogP contribution in [0, 0.1) is 5.41 Å². The van der Waals surface area contributed by atoms with Gasteiger partial charge in [0.05, 0.1) is 31.3 Å². The first-order chi connectivity index (χ1) is 17.4. The zero-order chi connectivity index (χ0) is 27.6. The number of hydrogen-bond acceptors (Lipinski definition) is 7. The molecule has 1 amide bonds. The third-order valence-corrected chi connectivity index (χ3v) is 7.82. The maximum absolute atomic E-state index is 13.7. The average molecular weight is 537 g/mol. The molecule has 204 valence electrons. The molecule has 2 aromatic rings. The summed E-state index contributed by atoms with van der Waals surface area (Å²) in [6.45, 7) is 3.24. The third kappa shape index (κ3) is 9.34. The molecule has 0 spiro atoms. The number of ether oxygens (including phenoxy) is 2. The van der Waals surface area contributed by atoms with Crippen LogP contribution in [0.5, 0.6) is 5.75 Å². The highest BCUT2D eigenvalue weighted by molar-refractivity contribution is 7.89. The molecule has 0 heterocycles. The number of aliphatic hydroxyl groups is 1. The highest BCUT2D eigenvalue weighted by atomic mass is 32.2. The van der Waals surface area contributed by atoms with E-state index in [1.165, 1.54) is 38.5 Å². The number of nitrogens with one attached hydrogen (secondary N) is 1. The summed E-state index contributed by atoms with van der Waals surface area (Å²) in [7, 11) is -1.35. The maximum atomic E-state index is 13.7. The van der Waals surface area contributed by atoms with E-state index in [4.69, 9.17) is 9.47 Å². The topological polar surface area (TPSA) is 142 Å². The van der Waals surface area contributed by atoms with E-state index in [1.54, 1.807) is 24.3 Å². The maximum Gasteiger partial charge on any atom is 0.404 e. The van der Waals surface area contributed by atoms with E-state index in [0.29, 0.717) is 12.2 Å². The van der Waals surface area contributed by atoms with Crippen LogP contribution in [0.15, 0.2) is 59.5 Å². The molecule has 0 radical (unpaired) electrons. The number of sulfonamides is 1. The number of amides is 1. The first-order valence-corrected chi connectivity index (χ1v) is 13.2. The lowest BCUT2D eigenvalue weighted by Gasteiger charge is -2.34. The molecular formula is C26H36N2O8S. The van der Waals surface area contributed by atoms with E-state index in [1.807, 2.05) is 19.9 Å². The minimum Gasteiger partial charge on any atom is -0.497 e. The van der Waals surface area contributed by atoms with E-state index >= 15 is 0 Å². The van der Waals surface area contributed by atoms with Crippen LogP contribution in [0.2, 0.25) is 0 Å². The molecule has 11 heteroatoms. The Kier molecular flexibility index (Phi) is 10.9. The summed E-state index contributed by atoms with van der Waals surface area (Å²) in [6, 6.07) is 13.9. The minimum atomic E-state index is -4.11. The summed E-state index contributed by atoms with van der Waals surface area (Å²) in [4.78, 5) is 23.2. The number of carboxylic acid groups (broad SMARTS) is 1. The normalized spacial score (nSPS) is 13.6. The monoisotopic (exact) mass is 536 g/mol. The molecule has 10 nitrogen and oxygen atoms in total. The number of hydrogen-bond donors (Lipinski definition) is 3. The standard InChI is InChI=1S/C26H36N2O8S/c1-26(2,15-14-24(30)36-4)18-28(37(33,34)21-12-10-20(35-3)11-13-21)17-23(29)22(27-25(31)32)16-19-8-6-5-7-9-19/h5-13,22-23,27,29H,14-18H2,1-4H3,(H,31,32)/t22-,23-/m0/s1. The van der Waals surface area contributed by atoms with Crippen molar-refractivity contribution in [1.29, 1.82) is 0 Å². The molecule has 2 rings (SSSR count). The Morgan fingerprint density at radius 2 is 1.68 bits per heavy atom. The predicted octanol–water partition coefficient (Wildman–Crippen LogP) is 2.91. The van der Waals surface area contributed by atoms with Crippen LogP contribution in [-0.4, -0.2) is 74.5 Å². The summed E-state index contributed by atoms with van der Waals surface area (Å²) in [6.07, 6.45) is -2.09. The van der Waals surface area contributed by atoms with Gasteiger partial charge in [-0.1, -0.05) is 44.2 Å². The van der Waals surface area contributed by atoms with Crippen LogP contribution in [0.25, 0.3) is 0 Å². The molecule has 3 N–H and O–H groups in total. The number of carbonyl (C=O) groups excluding carboxylic acids is 1. The summed E-state index contributed by atoms with van der Waals surface area (Å²) in [5.41, 5.74) is 0.117. The SMILES string of the molecule is COC(=O)CCC(C)(C)CN(C[C@H](O)[C@H](Cc1ccccc1)NC(=O)O)S(=O)(=O)c1ccc(OC)cc1. The second kappa shape index (κ2) is 13.4. The molecule has 0 bridgehead atoms. The van der Waals surface area contributed by atoms with E-state index in [0.717, 1.165) is 9.87 Å². The van der Waals surface area contributed by atoms with Crippen molar-refractivity contribution in [3.8, 4) is 5.75 Å². The Labute approximate surface area is 218 Å². The van der Waals surface area contributed by atoms with Gasteiger partial charge in [0.25, 0.3) is 0 Å². The van der Waals surface area contributed by atoms with E-state index in [2.05, 4.69) is 5.32 Å². The quantitative estimate of drug-likeness (QED) is 0.313. The van der Waals surface area contributed by atoms with Crippen molar-refractivity contribution < 1.29 is 37.7 Å². The predicted molar refractivity (Wildman–Crippen MR) is 138 cm³/mol. The molecule has 0 aromatic heterocycles. The van der Waals surface area contributed by atoms with Gasteiger partial charge >= 0.3 is 12.1 Å². The van der Waals surface area contributed by atoms with Crippen molar-refractivity contribution >= 4 is 22.1 Å². The van der Waals surface area contributed by atoms with Gasteiger partial charge in [-0.25, -0.2) is 13.2 Å². The van der Waals surface area contributed by atoms with Gasteiger partial charge in [-0.05, 0) is 48.1 Å². The van der Waals surface area contributed by atoms with Gasteiger partial charge in [0.15, 0.2) is 0 Å². The molecule has 0 saturated carbocycles. The zero-order valence-corrected chi connectivity index (χ0v) is 22.4. The summed E-state index contributed by atoms with van der Waals surface area (Å²) >= 11 is 0. The lowest BCUT2D eigenvalue weighted by atomic mass is 9.87. The Bertz CT molecular complexity index is 1120. The number of aliphatic hydroxyl groups excluding tert-OH is 1. The summed E-state index contributed by atoms with van der Waals surface area (Å²) in [5, 5.41) is 22.8. The van der Waals surface area contributed by atoms with Crippen LogP contribution in [-0.2, 0) is 26.0 Å². The van der Waals surface area contributed by atoms with Crippen molar-refractivity contribution in [2.45, 2.75) is 50.2 Å². The van der Waals surface area contributed by atoms with Gasteiger partial charge in [0.1, 0.15) is 5.75 Å². The number of rotatable bonds is 14. The second-order valence-corrected chi connectivity index (χ2v) is 11.5. The van der Waals surface area contributed by atoms with Crippen LogP contribution < -0.4 is 10.1 Å². The smallest absolute Gasteiger partial charge is 0.404 e. The minimum absolute atomic E-state index is 0.00456. The van der Waals surface area contributed by atoms with Crippen molar-refractivity contribution in [1.82, 2.24) is 9.62 Å². The van der Waals surface area contributed by atoms with Gasteiger partial charge in [0, 0.05) is 19.5 Å². The molecule has 37 heavy (non-hydrogen) atoms. The fourth-order valence-electron chi connectivity index (χ4n) is 3.89. The zero-order valence-electron chi connectivity index (χ0n) is 21.6. The van der Waals surface area contributed by atoms with E-state index in [9.17, 15) is 28.2 Å². The fraction of sp³-hybridized carbons (Fsp3) is 0.462. The number of benzene rings is 2. The van der Waals surface area contributed by atoms with Crippen LogP contribution >= 0.6 is 0 Å². The number of carbonyl (C=O) groups is 2. The van der Waals surface area contributed by atoms with Gasteiger partial charge in [-0.3, -0.25) is 4.79 Å². The van der Waals surface area contributed by atoms with Crippen molar-refractivity contribution in [3.05, 3.63) is 60.2 Å². The highest BCUT2D eigenvalue weighted by Gasteiger charge is 2.35. The van der Waals surface area contributed by atoms with Crippen molar-refractivity contribution in [2.75, 3.05) is 27.3 Å².